The van der Waals surface area contributed by atoms with Crippen LogP contribution in [0.25, 0.3) is 10.2 Å². The van der Waals surface area contributed by atoms with Gasteiger partial charge < -0.3 is 5.73 Å². The molecule has 3 heteroatoms. The van der Waals surface area contributed by atoms with Crippen LogP contribution in [0.5, 0.6) is 0 Å². The first kappa shape index (κ1) is 10.4. The monoisotopic (exact) mass is 220 g/mol. The minimum absolute atomic E-state index is 0.494. The number of benzene rings is 1. The fourth-order valence-corrected chi connectivity index (χ4v) is 2.89. The Kier molecular flexibility index (Phi) is 2.43. The Labute approximate surface area is 94.1 Å². The number of nitrogen functional groups attached to an aromatic ring is 1. The number of aryl methyl sites for hydroxylation is 1. The van der Waals surface area contributed by atoms with Crippen molar-refractivity contribution in [3.05, 3.63) is 22.8 Å². The van der Waals surface area contributed by atoms with Crippen LogP contribution in [0.3, 0.4) is 0 Å². The van der Waals surface area contributed by atoms with Gasteiger partial charge in [0.05, 0.1) is 10.2 Å². The molecule has 0 radical (unpaired) electrons. The highest BCUT2D eigenvalue weighted by Crippen LogP contribution is 2.34. The van der Waals surface area contributed by atoms with Gasteiger partial charge in [-0.25, -0.2) is 4.98 Å². The van der Waals surface area contributed by atoms with Crippen molar-refractivity contribution < 1.29 is 0 Å². The quantitative estimate of drug-likeness (QED) is 0.797. The topological polar surface area (TPSA) is 38.9 Å². The summed E-state index contributed by atoms with van der Waals surface area (Å²) in [6.45, 7) is 8.73. The van der Waals surface area contributed by atoms with E-state index in [1.165, 1.54) is 21.4 Å². The van der Waals surface area contributed by atoms with Crippen LogP contribution in [0, 0.1) is 13.8 Å². The molecule has 0 fully saturated rings. The Morgan fingerprint density at radius 2 is 2.00 bits per heavy atom. The van der Waals surface area contributed by atoms with Gasteiger partial charge in [0.1, 0.15) is 0 Å². The van der Waals surface area contributed by atoms with Gasteiger partial charge >= 0.3 is 0 Å². The smallest absolute Gasteiger partial charge is 0.181 e. The third-order valence-electron chi connectivity index (χ3n) is 2.85. The molecule has 1 aromatic heterocycles. The van der Waals surface area contributed by atoms with Gasteiger partial charge in [-0.2, -0.15) is 0 Å². The van der Waals surface area contributed by atoms with E-state index < -0.39 is 0 Å². The summed E-state index contributed by atoms with van der Waals surface area (Å²) in [5.74, 6) is 0.494. The average molecular weight is 220 g/mol. The van der Waals surface area contributed by atoms with Crippen molar-refractivity contribution >= 4 is 26.7 Å². The van der Waals surface area contributed by atoms with Gasteiger partial charge in [-0.3, -0.25) is 0 Å². The van der Waals surface area contributed by atoms with E-state index in [4.69, 9.17) is 5.73 Å². The summed E-state index contributed by atoms with van der Waals surface area (Å²) in [5.41, 5.74) is 10.9. The van der Waals surface area contributed by atoms with Gasteiger partial charge in [0, 0.05) is 0 Å². The zero-order valence-corrected chi connectivity index (χ0v) is 10.4. The molecule has 2 nitrogen and oxygen atoms in total. The molecule has 0 saturated carbocycles. The second kappa shape index (κ2) is 3.49. The second-order valence-electron chi connectivity index (χ2n) is 4.29. The lowest BCUT2D eigenvalue weighted by Gasteiger charge is -2.12. The first-order valence-electron chi connectivity index (χ1n) is 5.16. The lowest BCUT2D eigenvalue weighted by Crippen LogP contribution is -1.96. The number of hydrogen-bond donors (Lipinski definition) is 1. The number of aromatic nitrogens is 1. The van der Waals surface area contributed by atoms with Crippen molar-refractivity contribution in [3.63, 3.8) is 0 Å². The van der Waals surface area contributed by atoms with E-state index in [2.05, 4.69) is 38.7 Å². The maximum absolute atomic E-state index is 5.77. The molecule has 0 amide bonds. The molecule has 2 aromatic rings. The number of hydrogen-bond acceptors (Lipinski definition) is 3. The highest BCUT2D eigenvalue weighted by Gasteiger charge is 2.14. The van der Waals surface area contributed by atoms with Crippen molar-refractivity contribution in [2.24, 2.45) is 0 Å². The van der Waals surface area contributed by atoms with Crippen molar-refractivity contribution in [1.29, 1.82) is 0 Å². The Balaban J connectivity index is 2.88. The van der Waals surface area contributed by atoms with Crippen LogP contribution in [-0.2, 0) is 0 Å². The number of fused-ring (bicyclic) bond motifs is 1. The molecule has 80 valence electrons. The zero-order chi connectivity index (χ0) is 11.2. The summed E-state index contributed by atoms with van der Waals surface area (Å²) in [4.78, 5) is 4.43. The first-order valence-corrected chi connectivity index (χ1v) is 5.98. The average Bonchev–Trinajstić information content (AvgIpc) is 2.46. The third kappa shape index (κ3) is 1.61. The molecule has 2 rings (SSSR count). The van der Waals surface area contributed by atoms with Gasteiger partial charge in [0.15, 0.2) is 5.13 Å². The van der Waals surface area contributed by atoms with Gasteiger partial charge in [-0.1, -0.05) is 25.2 Å². The number of nitrogens with zero attached hydrogens (tertiary/aromatic N) is 1. The van der Waals surface area contributed by atoms with E-state index in [1.54, 1.807) is 11.3 Å². The van der Waals surface area contributed by atoms with Crippen LogP contribution in [0.4, 0.5) is 5.13 Å². The number of rotatable bonds is 1. The predicted molar refractivity (Wildman–Crippen MR) is 67.6 cm³/mol. The SMILES string of the molecule is Cc1cc2sc(N)nc2c(C(C)C)c1C. The summed E-state index contributed by atoms with van der Waals surface area (Å²) in [6.07, 6.45) is 0. The van der Waals surface area contributed by atoms with E-state index >= 15 is 0 Å². The highest BCUT2D eigenvalue weighted by atomic mass is 32.1. The first-order chi connectivity index (χ1) is 7.00. The third-order valence-corrected chi connectivity index (χ3v) is 3.68. The summed E-state index contributed by atoms with van der Waals surface area (Å²) in [7, 11) is 0. The Morgan fingerprint density at radius 3 is 2.60 bits per heavy atom. The molecule has 0 saturated heterocycles. The maximum atomic E-state index is 5.77. The Bertz CT molecular complexity index is 512. The Morgan fingerprint density at radius 1 is 1.33 bits per heavy atom. The zero-order valence-electron chi connectivity index (χ0n) is 9.59. The molecular formula is C12H16N2S. The molecule has 1 heterocycles. The molecule has 15 heavy (non-hydrogen) atoms. The summed E-state index contributed by atoms with van der Waals surface area (Å²) < 4.78 is 1.21. The molecule has 1 aromatic carbocycles. The fraction of sp³-hybridized carbons (Fsp3) is 0.417. The largest absolute Gasteiger partial charge is 0.375 e. The standard InChI is InChI=1S/C12H16N2S/c1-6(2)10-8(4)7(3)5-9-11(10)14-12(13)15-9/h5-6H,1-4H3,(H2,13,14). The van der Waals surface area contributed by atoms with Crippen LogP contribution in [0.15, 0.2) is 6.07 Å². The van der Waals surface area contributed by atoms with Crippen LogP contribution in [0.1, 0.15) is 36.5 Å². The molecule has 0 aliphatic heterocycles. The van der Waals surface area contributed by atoms with Gasteiger partial charge in [-0.15, -0.1) is 0 Å². The molecule has 0 unspecified atom stereocenters. The number of anilines is 1. The minimum atomic E-state index is 0.494. The van der Waals surface area contributed by atoms with Crippen LogP contribution in [-0.4, -0.2) is 4.98 Å². The van der Waals surface area contributed by atoms with Crippen molar-refractivity contribution in [2.45, 2.75) is 33.6 Å². The summed E-state index contributed by atoms with van der Waals surface area (Å²) in [6, 6.07) is 2.19. The maximum Gasteiger partial charge on any atom is 0.181 e. The summed E-state index contributed by atoms with van der Waals surface area (Å²) in [5, 5.41) is 0.664. The molecule has 0 bridgehead atoms. The lowest BCUT2D eigenvalue weighted by atomic mass is 9.94. The van der Waals surface area contributed by atoms with Gasteiger partial charge in [-0.05, 0) is 42.5 Å². The lowest BCUT2D eigenvalue weighted by molar-refractivity contribution is 0.861. The Hall–Kier alpha value is -1.09. The second-order valence-corrected chi connectivity index (χ2v) is 5.35. The molecule has 0 atom stereocenters. The van der Waals surface area contributed by atoms with Crippen molar-refractivity contribution in [1.82, 2.24) is 4.98 Å². The molecule has 0 spiro atoms. The van der Waals surface area contributed by atoms with Crippen LogP contribution in [0.2, 0.25) is 0 Å². The van der Waals surface area contributed by atoms with E-state index in [9.17, 15) is 0 Å². The molecule has 2 N–H and O–H groups in total. The van der Waals surface area contributed by atoms with E-state index in [1.807, 2.05) is 0 Å². The van der Waals surface area contributed by atoms with Crippen molar-refractivity contribution in [3.8, 4) is 0 Å². The summed E-state index contributed by atoms with van der Waals surface area (Å²) >= 11 is 1.57. The van der Waals surface area contributed by atoms with E-state index in [-0.39, 0.29) is 0 Å². The predicted octanol–water partition coefficient (Wildman–Crippen LogP) is 3.62. The molecule has 0 aliphatic carbocycles. The minimum Gasteiger partial charge on any atom is -0.375 e. The van der Waals surface area contributed by atoms with Crippen LogP contribution < -0.4 is 5.73 Å². The van der Waals surface area contributed by atoms with E-state index in [0.29, 0.717) is 11.0 Å². The normalized spacial score (nSPS) is 11.5. The molecule has 0 aliphatic rings. The number of thiazole rings is 1. The number of nitrogens with two attached hydrogens (primary N) is 1. The fourth-order valence-electron chi connectivity index (χ4n) is 2.04. The highest BCUT2D eigenvalue weighted by molar-refractivity contribution is 7.22. The van der Waals surface area contributed by atoms with Gasteiger partial charge in [0.2, 0.25) is 0 Å². The van der Waals surface area contributed by atoms with Crippen LogP contribution >= 0.6 is 11.3 Å². The van der Waals surface area contributed by atoms with Gasteiger partial charge in [0.25, 0.3) is 0 Å². The van der Waals surface area contributed by atoms with Crippen molar-refractivity contribution in [2.75, 3.05) is 5.73 Å². The molecular weight excluding hydrogens is 204 g/mol. The van der Waals surface area contributed by atoms with E-state index in [0.717, 1.165) is 5.52 Å².